The molecule has 1 atom stereocenters. The monoisotopic (exact) mass is 937 g/mol. The van der Waals surface area contributed by atoms with E-state index in [1.54, 1.807) is 61.8 Å². The number of hydrogen-bond acceptors (Lipinski definition) is 11. The van der Waals surface area contributed by atoms with Crippen LogP contribution in [0.4, 0.5) is 33.5 Å². The van der Waals surface area contributed by atoms with E-state index < -0.39 is 29.8 Å². The molecule has 0 bridgehead atoms. The summed E-state index contributed by atoms with van der Waals surface area (Å²) in [7, 11) is 9.37. The Balaban J connectivity index is 0.962. The van der Waals surface area contributed by atoms with Gasteiger partial charge in [0.15, 0.2) is 0 Å². The van der Waals surface area contributed by atoms with E-state index in [4.69, 9.17) is 21.3 Å². The standard InChI is InChI=1S/C50H52ClN11O6/c1-30(27-62-45(63)17-16-42(48(62)66)61-28-32-22-31(14-15-35(32)47(61)65)26-53-50(67)54-34-11-9-10-33(51)23-34)46(64)55-39-24-40(44(68-6)25-43(39)59(4)21-20-58(2)3)57-49-52-19-18-38(56-49)37-29-60(5)41-13-8-7-12-36(37)41/h7-15,18-19,22-25,29,42H,1,16-17,20-21,26-28H2,2-6H3,(H,55,64)(H,52,56,57)(H2,53,54,67). The smallest absolute Gasteiger partial charge is 0.319 e. The number of amides is 6. The number of rotatable bonds is 16. The number of imide groups is 1. The van der Waals surface area contributed by atoms with Gasteiger partial charge in [-0.3, -0.25) is 24.1 Å². The maximum Gasteiger partial charge on any atom is 0.319 e. The fourth-order valence-corrected chi connectivity index (χ4v) is 8.58. The van der Waals surface area contributed by atoms with Gasteiger partial charge in [-0.1, -0.05) is 54.6 Å². The number of likely N-dealkylation sites (N-methyl/N-ethyl adjacent to an activating group) is 2. The molecule has 6 amide bonds. The Morgan fingerprint density at radius 2 is 1.74 bits per heavy atom. The zero-order chi connectivity index (χ0) is 48.2. The molecular formula is C50H52ClN11O6. The van der Waals surface area contributed by atoms with Crippen molar-refractivity contribution in [1.29, 1.82) is 0 Å². The number of piperidine rings is 1. The molecule has 1 saturated heterocycles. The Morgan fingerprint density at radius 1 is 0.926 bits per heavy atom. The van der Waals surface area contributed by atoms with Crippen LogP contribution in [-0.4, -0.2) is 113 Å². The maximum atomic E-state index is 14.1. The molecule has 18 heteroatoms. The lowest BCUT2D eigenvalue weighted by Gasteiger charge is -2.35. The van der Waals surface area contributed by atoms with E-state index in [0.717, 1.165) is 26.9 Å². The van der Waals surface area contributed by atoms with E-state index in [0.29, 0.717) is 69.4 Å². The number of carbonyl (C=O) groups excluding carboxylic acids is 5. The van der Waals surface area contributed by atoms with Crippen LogP contribution in [0.1, 0.15) is 34.3 Å². The quantitative estimate of drug-likeness (QED) is 0.0577. The van der Waals surface area contributed by atoms with Crippen LogP contribution >= 0.6 is 11.6 Å². The number of fused-ring (bicyclic) bond motifs is 2. The van der Waals surface area contributed by atoms with Crippen molar-refractivity contribution in [3.8, 4) is 17.0 Å². The lowest BCUT2D eigenvalue weighted by atomic mass is 10.0. The number of aryl methyl sites for hydroxylation is 1. The first-order valence-electron chi connectivity index (χ1n) is 22.0. The van der Waals surface area contributed by atoms with Gasteiger partial charge in [0.1, 0.15) is 11.8 Å². The third-order valence-electron chi connectivity index (χ3n) is 12.0. The van der Waals surface area contributed by atoms with Gasteiger partial charge in [0.2, 0.25) is 11.9 Å². The molecule has 68 heavy (non-hydrogen) atoms. The summed E-state index contributed by atoms with van der Waals surface area (Å²) >= 11 is 6.03. The van der Waals surface area contributed by atoms with E-state index in [1.165, 1.54) is 4.90 Å². The Bertz CT molecular complexity index is 2970. The van der Waals surface area contributed by atoms with Crippen molar-refractivity contribution in [2.24, 2.45) is 7.05 Å². The first-order chi connectivity index (χ1) is 32.7. The number of urea groups is 1. The molecular weight excluding hydrogens is 886 g/mol. The number of nitrogens with zero attached hydrogens (tertiary/aromatic N) is 7. The van der Waals surface area contributed by atoms with Crippen LogP contribution in [0.5, 0.6) is 5.75 Å². The number of ether oxygens (including phenoxy) is 1. The molecule has 4 aromatic carbocycles. The Labute approximate surface area is 398 Å². The first-order valence-corrected chi connectivity index (χ1v) is 22.3. The molecule has 0 radical (unpaired) electrons. The number of nitrogens with one attached hydrogen (secondary N) is 4. The van der Waals surface area contributed by atoms with Gasteiger partial charge >= 0.3 is 6.03 Å². The van der Waals surface area contributed by atoms with Gasteiger partial charge < -0.3 is 45.3 Å². The molecule has 4 N–H and O–H groups in total. The molecule has 1 unspecified atom stereocenters. The lowest BCUT2D eigenvalue weighted by molar-refractivity contribution is -0.151. The summed E-state index contributed by atoms with van der Waals surface area (Å²) in [6, 6.07) is 24.1. The molecule has 350 valence electrons. The number of carbonyl (C=O) groups is 5. The summed E-state index contributed by atoms with van der Waals surface area (Å²) < 4.78 is 7.90. The lowest BCUT2D eigenvalue weighted by Crippen LogP contribution is -2.55. The number of anilines is 5. The second-order valence-electron chi connectivity index (χ2n) is 17.0. The van der Waals surface area contributed by atoms with Crippen LogP contribution in [0.3, 0.4) is 0 Å². The van der Waals surface area contributed by atoms with Gasteiger partial charge in [0, 0.05) is 103 Å². The molecule has 1 fully saturated rings. The molecule has 0 aliphatic carbocycles. The average molecular weight is 938 g/mol. The zero-order valence-corrected chi connectivity index (χ0v) is 39.2. The molecule has 8 rings (SSSR count). The topological polar surface area (TPSA) is 186 Å². The Kier molecular flexibility index (Phi) is 13.8. The summed E-state index contributed by atoms with van der Waals surface area (Å²) in [6.07, 6.45) is 3.81. The summed E-state index contributed by atoms with van der Waals surface area (Å²) in [5.41, 5.74) is 6.59. The van der Waals surface area contributed by atoms with Gasteiger partial charge in [-0.2, -0.15) is 0 Å². The second kappa shape index (κ2) is 20.0. The number of aromatic nitrogens is 3. The van der Waals surface area contributed by atoms with Crippen LogP contribution in [0, 0.1) is 0 Å². The predicted octanol–water partition coefficient (Wildman–Crippen LogP) is 7.03. The Morgan fingerprint density at radius 3 is 2.51 bits per heavy atom. The molecule has 17 nitrogen and oxygen atoms in total. The van der Waals surface area contributed by atoms with E-state index >= 15 is 0 Å². The highest BCUT2D eigenvalue weighted by Gasteiger charge is 2.43. The van der Waals surface area contributed by atoms with E-state index in [-0.39, 0.29) is 44.0 Å². The normalized spacial score (nSPS) is 14.6. The van der Waals surface area contributed by atoms with Crippen molar-refractivity contribution in [2.45, 2.75) is 32.0 Å². The summed E-state index contributed by atoms with van der Waals surface area (Å²) in [6.45, 7) is 5.24. The van der Waals surface area contributed by atoms with E-state index in [9.17, 15) is 24.0 Å². The fraction of sp³-hybridized carbons (Fsp3) is 0.260. The molecule has 2 aliphatic heterocycles. The average Bonchev–Trinajstić information content (AvgIpc) is 3.83. The molecule has 0 spiro atoms. The number of benzene rings is 4. The number of para-hydroxylation sites is 1. The molecule has 2 aliphatic rings. The van der Waals surface area contributed by atoms with Crippen molar-refractivity contribution in [3.63, 3.8) is 0 Å². The van der Waals surface area contributed by atoms with Crippen LogP contribution in [0.2, 0.25) is 5.02 Å². The minimum Gasteiger partial charge on any atom is -0.494 e. The number of hydrogen-bond donors (Lipinski definition) is 4. The maximum absolute atomic E-state index is 14.1. The van der Waals surface area contributed by atoms with E-state index in [2.05, 4.69) is 32.8 Å². The van der Waals surface area contributed by atoms with Crippen molar-refractivity contribution >= 4 is 80.9 Å². The van der Waals surface area contributed by atoms with E-state index in [1.807, 2.05) is 85.2 Å². The van der Waals surface area contributed by atoms with Crippen LogP contribution in [0.25, 0.3) is 22.2 Å². The third kappa shape index (κ3) is 10.1. The van der Waals surface area contributed by atoms with Crippen molar-refractivity contribution in [1.82, 2.24) is 34.6 Å². The molecule has 0 saturated carbocycles. The van der Waals surface area contributed by atoms with Gasteiger partial charge in [-0.15, -0.1) is 0 Å². The number of methoxy groups -OCH3 is 1. The van der Waals surface area contributed by atoms with Crippen molar-refractivity contribution < 1.29 is 28.7 Å². The number of likely N-dealkylation sites (tertiary alicyclic amines) is 1. The van der Waals surface area contributed by atoms with Gasteiger partial charge in [-0.25, -0.2) is 14.8 Å². The zero-order valence-electron chi connectivity index (χ0n) is 38.4. The summed E-state index contributed by atoms with van der Waals surface area (Å²) in [5.74, 6) is -1.27. The minimum absolute atomic E-state index is 0.0135. The summed E-state index contributed by atoms with van der Waals surface area (Å²) in [4.78, 5) is 83.7. The van der Waals surface area contributed by atoms with Gasteiger partial charge in [0.05, 0.1) is 36.4 Å². The highest BCUT2D eigenvalue weighted by atomic mass is 35.5. The highest BCUT2D eigenvalue weighted by Crippen LogP contribution is 2.39. The molecule has 6 aromatic rings. The predicted molar refractivity (Wildman–Crippen MR) is 263 cm³/mol. The van der Waals surface area contributed by atoms with Crippen molar-refractivity contribution in [2.75, 3.05) is 68.7 Å². The minimum atomic E-state index is -0.943. The van der Waals surface area contributed by atoms with Gasteiger partial charge in [-0.05, 0) is 74.1 Å². The Hall–Kier alpha value is -7.76. The van der Waals surface area contributed by atoms with Crippen molar-refractivity contribution in [3.05, 3.63) is 131 Å². The largest absolute Gasteiger partial charge is 0.494 e. The van der Waals surface area contributed by atoms with Gasteiger partial charge in [0.25, 0.3) is 17.7 Å². The van der Waals surface area contributed by atoms with Crippen LogP contribution in [-0.2, 0) is 34.5 Å². The summed E-state index contributed by atoms with van der Waals surface area (Å²) in [5, 5.41) is 13.3. The molecule has 2 aromatic heterocycles. The first kappa shape index (κ1) is 46.8. The number of halogens is 1. The van der Waals surface area contributed by atoms with Crippen LogP contribution < -0.4 is 30.9 Å². The molecule has 4 heterocycles. The SMILES string of the molecule is C=C(CN1C(=O)CCC(N2Cc3cc(CNC(=O)Nc4cccc(Cl)c4)ccc3C2=O)C1=O)C(=O)Nc1cc(Nc2nccc(-c3cn(C)c4ccccc34)n2)c(OC)cc1N(C)CCN(C)C. The second-order valence-corrected chi connectivity index (χ2v) is 17.5. The third-order valence-corrected chi connectivity index (χ3v) is 12.2. The highest BCUT2D eigenvalue weighted by molar-refractivity contribution is 6.30. The fourth-order valence-electron chi connectivity index (χ4n) is 8.39. The van der Waals surface area contributed by atoms with Crippen LogP contribution in [0.15, 0.2) is 109 Å².